The molecular formula is C21H29N3O3. The molecule has 6 heteroatoms. The molecule has 2 fully saturated rings. The fraction of sp³-hybridized carbons (Fsp3) is 0.571. The first-order valence-corrected chi connectivity index (χ1v) is 9.88. The molecule has 1 heterocycles. The molecule has 2 N–H and O–H groups in total. The predicted octanol–water partition coefficient (Wildman–Crippen LogP) is 3.64. The fourth-order valence-electron chi connectivity index (χ4n) is 4.06. The number of urea groups is 1. The van der Waals surface area contributed by atoms with Crippen molar-refractivity contribution >= 4 is 23.5 Å². The van der Waals surface area contributed by atoms with Gasteiger partial charge in [0.1, 0.15) is 12.1 Å². The Balaban J connectivity index is 1.63. The van der Waals surface area contributed by atoms with Crippen molar-refractivity contribution in [3.05, 3.63) is 29.8 Å². The molecule has 2 aliphatic rings. The van der Waals surface area contributed by atoms with Crippen molar-refractivity contribution in [3.8, 4) is 0 Å². The van der Waals surface area contributed by atoms with Crippen LogP contribution < -0.4 is 10.6 Å². The van der Waals surface area contributed by atoms with Crippen molar-refractivity contribution in [2.45, 2.75) is 64.3 Å². The van der Waals surface area contributed by atoms with Crippen molar-refractivity contribution in [1.82, 2.24) is 10.2 Å². The molecule has 3 rings (SSSR count). The predicted molar refractivity (Wildman–Crippen MR) is 104 cm³/mol. The Bertz CT molecular complexity index is 736. The first kappa shape index (κ1) is 19.4. The summed E-state index contributed by atoms with van der Waals surface area (Å²) in [7, 11) is 0. The van der Waals surface area contributed by atoms with Crippen LogP contribution in [0, 0.1) is 5.92 Å². The third kappa shape index (κ3) is 3.99. The van der Waals surface area contributed by atoms with Crippen LogP contribution in [-0.2, 0) is 9.59 Å². The highest BCUT2D eigenvalue weighted by Crippen LogP contribution is 2.37. The maximum absolute atomic E-state index is 12.9. The van der Waals surface area contributed by atoms with E-state index >= 15 is 0 Å². The molecular weight excluding hydrogens is 342 g/mol. The average Bonchev–Trinajstić information content (AvgIpc) is 2.87. The van der Waals surface area contributed by atoms with E-state index in [4.69, 9.17) is 0 Å². The van der Waals surface area contributed by atoms with E-state index in [1.54, 1.807) is 0 Å². The van der Waals surface area contributed by atoms with Crippen LogP contribution in [0.1, 0.15) is 64.4 Å². The summed E-state index contributed by atoms with van der Waals surface area (Å²) in [6.07, 6.45) is 4.28. The van der Waals surface area contributed by atoms with Crippen molar-refractivity contribution in [1.29, 1.82) is 0 Å². The zero-order valence-corrected chi connectivity index (χ0v) is 16.4. The minimum absolute atomic E-state index is 0.254. The summed E-state index contributed by atoms with van der Waals surface area (Å²) in [6.45, 7) is 6.07. The molecule has 146 valence electrons. The number of imide groups is 1. The van der Waals surface area contributed by atoms with E-state index in [-0.39, 0.29) is 18.4 Å². The number of hydrogen-bond acceptors (Lipinski definition) is 3. The lowest BCUT2D eigenvalue weighted by Gasteiger charge is -2.34. The number of rotatable bonds is 5. The summed E-state index contributed by atoms with van der Waals surface area (Å²) in [5.74, 6) is 0.351. The molecule has 1 spiro atoms. The number of nitrogens with zero attached hydrogens (tertiary/aromatic N) is 1. The van der Waals surface area contributed by atoms with Crippen LogP contribution in [0.3, 0.4) is 0 Å². The lowest BCUT2D eigenvalue weighted by molar-refractivity contribution is -0.135. The summed E-state index contributed by atoms with van der Waals surface area (Å²) in [5.41, 5.74) is 0.992. The maximum atomic E-state index is 12.9. The van der Waals surface area contributed by atoms with Gasteiger partial charge in [0.05, 0.1) is 0 Å². The Hall–Kier alpha value is -2.37. The Labute approximate surface area is 160 Å². The topological polar surface area (TPSA) is 78.5 Å². The van der Waals surface area contributed by atoms with Crippen LogP contribution in [-0.4, -0.2) is 34.8 Å². The van der Waals surface area contributed by atoms with Gasteiger partial charge in [-0.1, -0.05) is 39.3 Å². The maximum Gasteiger partial charge on any atom is 0.325 e. The molecule has 0 bridgehead atoms. The number of hydrogen-bond donors (Lipinski definition) is 2. The van der Waals surface area contributed by atoms with E-state index in [2.05, 4.69) is 31.4 Å². The number of amides is 4. The first-order chi connectivity index (χ1) is 12.8. The molecule has 0 unspecified atom stereocenters. The molecule has 1 aromatic carbocycles. The van der Waals surface area contributed by atoms with Gasteiger partial charge in [-0.25, -0.2) is 4.79 Å². The monoisotopic (exact) mass is 371 g/mol. The Morgan fingerprint density at radius 2 is 2.00 bits per heavy atom. The zero-order valence-electron chi connectivity index (χ0n) is 16.4. The highest BCUT2D eigenvalue weighted by Gasteiger charge is 2.52. The highest BCUT2D eigenvalue weighted by atomic mass is 16.2. The van der Waals surface area contributed by atoms with E-state index in [9.17, 15) is 14.4 Å². The molecule has 1 aliphatic heterocycles. The SMILES string of the molecule is CCC1CCC2(CC1)NC(=O)N(CC(=O)Nc1cccc(C(C)C)c1)C2=O. The smallest absolute Gasteiger partial charge is 0.325 e. The molecule has 6 nitrogen and oxygen atoms in total. The van der Waals surface area contributed by atoms with Gasteiger partial charge in [-0.15, -0.1) is 0 Å². The van der Waals surface area contributed by atoms with Gasteiger partial charge in [0.15, 0.2) is 0 Å². The van der Waals surface area contributed by atoms with E-state index in [0.29, 0.717) is 30.4 Å². The Morgan fingerprint density at radius 1 is 1.30 bits per heavy atom. The third-order valence-corrected chi connectivity index (χ3v) is 5.92. The van der Waals surface area contributed by atoms with Crippen molar-refractivity contribution in [2.75, 3.05) is 11.9 Å². The van der Waals surface area contributed by atoms with Gasteiger partial charge in [-0.05, 0) is 55.2 Å². The van der Waals surface area contributed by atoms with Crippen molar-refractivity contribution in [2.24, 2.45) is 5.92 Å². The molecule has 0 atom stereocenters. The quantitative estimate of drug-likeness (QED) is 0.776. The normalized spacial score (nSPS) is 25.2. The standard InChI is InChI=1S/C21H29N3O3/c1-4-15-8-10-21(11-9-15)19(26)24(20(27)23-21)13-18(25)22-17-7-5-6-16(12-17)14(2)3/h5-7,12,14-15H,4,8-11,13H2,1-3H3,(H,22,25)(H,23,27). The average molecular weight is 371 g/mol. The van der Waals surface area contributed by atoms with Gasteiger partial charge >= 0.3 is 6.03 Å². The van der Waals surface area contributed by atoms with Gasteiger partial charge in [0.25, 0.3) is 5.91 Å². The van der Waals surface area contributed by atoms with Gasteiger partial charge < -0.3 is 10.6 Å². The summed E-state index contributed by atoms with van der Waals surface area (Å²) >= 11 is 0. The van der Waals surface area contributed by atoms with E-state index in [1.165, 1.54) is 0 Å². The number of benzene rings is 1. The lowest BCUT2D eigenvalue weighted by Crippen LogP contribution is -2.49. The lowest BCUT2D eigenvalue weighted by atomic mass is 9.75. The van der Waals surface area contributed by atoms with Crippen LogP contribution in [0.4, 0.5) is 10.5 Å². The molecule has 1 aliphatic carbocycles. The second kappa shape index (κ2) is 7.71. The fourth-order valence-corrected chi connectivity index (χ4v) is 4.06. The summed E-state index contributed by atoms with van der Waals surface area (Å²) in [6, 6.07) is 7.17. The minimum Gasteiger partial charge on any atom is -0.325 e. The largest absolute Gasteiger partial charge is 0.325 e. The minimum atomic E-state index is -0.805. The van der Waals surface area contributed by atoms with Crippen LogP contribution in [0.15, 0.2) is 24.3 Å². The molecule has 1 saturated carbocycles. The van der Waals surface area contributed by atoms with Crippen LogP contribution >= 0.6 is 0 Å². The molecule has 4 amide bonds. The van der Waals surface area contributed by atoms with E-state index in [0.717, 1.165) is 29.7 Å². The van der Waals surface area contributed by atoms with Crippen LogP contribution in [0.25, 0.3) is 0 Å². The number of anilines is 1. The summed E-state index contributed by atoms with van der Waals surface area (Å²) in [4.78, 5) is 38.7. The van der Waals surface area contributed by atoms with Gasteiger partial charge in [-0.3, -0.25) is 14.5 Å². The van der Waals surface area contributed by atoms with E-state index in [1.807, 2.05) is 24.3 Å². The number of carbonyl (C=O) groups is 3. The summed E-state index contributed by atoms with van der Waals surface area (Å²) < 4.78 is 0. The number of carbonyl (C=O) groups excluding carboxylic acids is 3. The molecule has 1 saturated heterocycles. The molecule has 27 heavy (non-hydrogen) atoms. The third-order valence-electron chi connectivity index (χ3n) is 5.92. The molecule has 1 aromatic rings. The molecule has 0 aromatic heterocycles. The summed E-state index contributed by atoms with van der Waals surface area (Å²) in [5, 5.41) is 5.66. The van der Waals surface area contributed by atoms with E-state index < -0.39 is 11.6 Å². The first-order valence-electron chi connectivity index (χ1n) is 9.88. The second-order valence-electron chi connectivity index (χ2n) is 8.08. The zero-order chi connectivity index (χ0) is 19.6. The van der Waals surface area contributed by atoms with Crippen molar-refractivity contribution < 1.29 is 14.4 Å². The van der Waals surface area contributed by atoms with Crippen LogP contribution in [0.2, 0.25) is 0 Å². The molecule has 0 radical (unpaired) electrons. The highest BCUT2D eigenvalue weighted by molar-refractivity contribution is 6.10. The van der Waals surface area contributed by atoms with Gasteiger partial charge in [-0.2, -0.15) is 0 Å². The Morgan fingerprint density at radius 3 is 2.63 bits per heavy atom. The Kier molecular flexibility index (Phi) is 5.53. The van der Waals surface area contributed by atoms with Gasteiger partial charge in [0, 0.05) is 5.69 Å². The van der Waals surface area contributed by atoms with Gasteiger partial charge in [0.2, 0.25) is 5.91 Å². The number of nitrogens with one attached hydrogen (secondary N) is 2. The second-order valence-corrected chi connectivity index (χ2v) is 8.08. The van der Waals surface area contributed by atoms with Crippen LogP contribution in [0.5, 0.6) is 0 Å². The van der Waals surface area contributed by atoms with Crippen molar-refractivity contribution in [3.63, 3.8) is 0 Å².